The summed E-state index contributed by atoms with van der Waals surface area (Å²) in [5, 5.41) is 9.93. The van der Waals surface area contributed by atoms with Gasteiger partial charge in [0, 0.05) is 42.3 Å². The van der Waals surface area contributed by atoms with Crippen molar-refractivity contribution in [2.24, 2.45) is 0 Å². The number of benzene rings is 2. The number of aromatic nitrogens is 1. The highest BCUT2D eigenvalue weighted by Crippen LogP contribution is 2.25. The van der Waals surface area contributed by atoms with E-state index < -0.39 is 5.91 Å². The molecule has 1 amide bonds. The molecule has 4 rings (SSSR count). The van der Waals surface area contributed by atoms with Gasteiger partial charge in [-0.1, -0.05) is 36.4 Å². The molecular formula is C23H25N3O2. The number of aryl methyl sites for hydroxylation is 1. The van der Waals surface area contributed by atoms with E-state index in [2.05, 4.69) is 53.2 Å². The summed E-state index contributed by atoms with van der Waals surface area (Å²) in [6, 6.07) is 14.8. The summed E-state index contributed by atoms with van der Waals surface area (Å²) in [6.45, 7) is 5.16. The van der Waals surface area contributed by atoms with E-state index in [0.717, 1.165) is 38.0 Å². The number of H-pyrrole nitrogens is 1. The number of hydrogen-bond donors (Lipinski definition) is 3. The number of para-hydroxylation sites is 1. The minimum Gasteiger partial charge on any atom is -0.358 e. The number of fused-ring (bicyclic) bond motifs is 2. The maximum absolute atomic E-state index is 11.2. The molecule has 0 aliphatic carbocycles. The third-order valence-electron chi connectivity index (χ3n) is 5.56. The van der Waals surface area contributed by atoms with Gasteiger partial charge >= 0.3 is 0 Å². The second-order valence-electron chi connectivity index (χ2n) is 7.39. The van der Waals surface area contributed by atoms with Gasteiger partial charge in [-0.05, 0) is 54.2 Å². The molecule has 1 aliphatic rings. The summed E-state index contributed by atoms with van der Waals surface area (Å²) < 4.78 is 0. The highest BCUT2D eigenvalue weighted by atomic mass is 16.5. The predicted octanol–water partition coefficient (Wildman–Crippen LogP) is 3.60. The first-order chi connectivity index (χ1) is 13.6. The summed E-state index contributed by atoms with van der Waals surface area (Å²) >= 11 is 0. The van der Waals surface area contributed by atoms with Crippen molar-refractivity contribution in [3.63, 3.8) is 0 Å². The Hall–Kier alpha value is -2.89. The van der Waals surface area contributed by atoms with Gasteiger partial charge in [-0.2, -0.15) is 0 Å². The maximum Gasteiger partial charge on any atom is 0.267 e. The minimum absolute atomic E-state index is 0.520. The van der Waals surface area contributed by atoms with Gasteiger partial charge in [0.2, 0.25) is 0 Å². The van der Waals surface area contributed by atoms with Crippen molar-refractivity contribution in [3.05, 3.63) is 76.5 Å². The number of carbonyl (C=O) groups is 1. The van der Waals surface area contributed by atoms with E-state index in [9.17, 15) is 4.79 Å². The van der Waals surface area contributed by atoms with Crippen LogP contribution in [0.1, 0.15) is 27.9 Å². The number of amides is 1. The highest BCUT2D eigenvalue weighted by Gasteiger charge is 2.17. The standard InChI is InChI=1S/C23H25N3O2/c1-16-20(21-4-2-3-5-22(21)24-16)11-13-26-12-10-18-8-6-17(14-19(18)15-26)7-9-23(27)25-28/h2-9,14,24,28H,10-13,15H2,1H3,(H,25,27). The van der Waals surface area contributed by atoms with Crippen LogP contribution in [0.2, 0.25) is 0 Å². The van der Waals surface area contributed by atoms with Crippen LogP contribution >= 0.6 is 0 Å². The molecular weight excluding hydrogens is 350 g/mol. The van der Waals surface area contributed by atoms with Crippen LogP contribution in [0.4, 0.5) is 0 Å². The van der Waals surface area contributed by atoms with Crippen LogP contribution in [-0.4, -0.2) is 34.1 Å². The van der Waals surface area contributed by atoms with E-state index in [-0.39, 0.29) is 0 Å². The van der Waals surface area contributed by atoms with Crippen molar-refractivity contribution < 1.29 is 10.0 Å². The molecule has 2 heterocycles. The van der Waals surface area contributed by atoms with Gasteiger partial charge < -0.3 is 4.98 Å². The van der Waals surface area contributed by atoms with Gasteiger partial charge in [0.1, 0.15) is 0 Å². The first kappa shape index (κ1) is 18.5. The van der Waals surface area contributed by atoms with Crippen LogP contribution in [-0.2, 0) is 24.2 Å². The second-order valence-corrected chi connectivity index (χ2v) is 7.39. The Bertz CT molecular complexity index is 1040. The molecule has 0 saturated carbocycles. The molecule has 28 heavy (non-hydrogen) atoms. The quantitative estimate of drug-likeness (QED) is 0.363. The highest BCUT2D eigenvalue weighted by molar-refractivity contribution is 5.90. The number of hydroxylamine groups is 1. The molecule has 144 valence electrons. The molecule has 1 aliphatic heterocycles. The van der Waals surface area contributed by atoms with E-state index in [4.69, 9.17) is 5.21 Å². The lowest BCUT2D eigenvalue weighted by molar-refractivity contribution is -0.124. The van der Waals surface area contributed by atoms with Crippen molar-refractivity contribution in [2.45, 2.75) is 26.3 Å². The number of aromatic amines is 1. The third-order valence-corrected chi connectivity index (χ3v) is 5.56. The van der Waals surface area contributed by atoms with Gasteiger partial charge in [0.15, 0.2) is 0 Å². The van der Waals surface area contributed by atoms with Crippen LogP contribution in [0.3, 0.4) is 0 Å². The summed E-state index contributed by atoms with van der Waals surface area (Å²) in [5.41, 5.74) is 9.15. The minimum atomic E-state index is -0.520. The first-order valence-electron chi connectivity index (χ1n) is 9.66. The monoisotopic (exact) mass is 375 g/mol. The first-order valence-corrected chi connectivity index (χ1v) is 9.66. The van der Waals surface area contributed by atoms with Crippen LogP contribution < -0.4 is 5.48 Å². The molecule has 0 fully saturated rings. The average molecular weight is 375 g/mol. The molecule has 3 aromatic rings. The van der Waals surface area contributed by atoms with Gasteiger partial charge in [-0.15, -0.1) is 0 Å². The molecule has 1 aromatic heterocycles. The number of carbonyl (C=O) groups excluding carboxylic acids is 1. The molecule has 5 nitrogen and oxygen atoms in total. The Morgan fingerprint density at radius 2 is 2.11 bits per heavy atom. The molecule has 0 radical (unpaired) electrons. The Kier molecular flexibility index (Phi) is 5.28. The average Bonchev–Trinajstić information content (AvgIpc) is 3.05. The molecule has 0 saturated heterocycles. The number of hydrogen-bond acceptors (Lipinski definition) is 3. The van der Waals surface area contributed by atoms with Crippen LogP contribution in [0, 0.1) is 6.92 Å². The van der Waals surface area contributed by atoms with E-state index in [0.29, 0.717) is 0 Å². The van der Waals surface area contributed by atoms with Crippen molar-refractivity contribution >= 4 is 22.9 Å². The molecule has 0 atom stereocenters. The smallest absolute Gasteiger partial charge is 0.267 e. The number of nitrogens with zero attached hydrogens (tertiary/aromatic N) is 1. The summed E-state index contributed by atoms with van der Waals surface area (Å²) in [5.74, 6) is -0.520. The van der Waals surface area contributed by atoms with Crippen molar-refractivity contribution in [3.8, 4) is 0 Å². The topological polar surface area (TPSA) is 68.4 Å². The Balaban J connectivity index is 1.45. The Morgan fingerprint density at radius 3 is 2.96 bits per heavy atom. The second kappa shape index (κ2) is 8.00. The van der Waals surface area contributed by atoms with Crippen LogP contribution in [0.15, 0.2) is 48.5 Å². The molecule has 0 bridgehead atoms. The Labute approximate surface area is 164 Å². The van der Waals surface area contributed by atoms with Crippen molar-refractivity contribution in [1.29, 1.82) is 0 Å². The maximum atomic E-state index is 11.2. The van der Waals surface area contributed by atoms with Crippen molar-refractivity contribution in [1.82, 2.24) is 15.4 Å². The van der Waals surface area contributed by atoms with Crippen LogP contribution in [0.5, 0.6) is 0 Å². The zero-order chi connectivity index (χ0) is 19.5. The summed E-state index contributed by atoms with van der Waals surface area (Å²) in [4.78, 5) is 17.2. The third kappa shape index (κ3) is 3.86. The molecule has 5 heteroatoms. The van der Waals surface area contributed by atoms with Gasteiger partial charge in [0.25, 0.3) is 5.91 Å². The molecule has 2 aromatic carbocycles. The van der Waals surface area contributed by atoms with Gasteiger partial charge in [-0.3, -0.25) is 14.9 Å². The zero-order valence-electron chi connectivity index (χ0n) is 16.0. The fraction of sp³-hybridized carbons (Fsp3) is 0.261. The van der Waals surface area contributed by atoms with Crippen LogP contribution in [0.25, 0.3) is 17.0 Å². The van der Waals surface area contributed by atoms with Gasteiger partial charge in [0.05, 0.1) is 0 Å². The molecule has 0 spiro atoms. The van der Waals surface area contributed by atoms with E-state index in [1.807, 2.05) is 6.07 Å². The normalized spacial score (nSPS) is 14.5. The Morgan fingerprint density at radius 1 is 1.25 bits per heavy atom. The molecule has 0 unspecified atom stereocenters. The predicted molar refractivity (Wildman–Crippen MR) is 111 cm³/mol. The lowest BCUT2D eigenvalue weighted by Gasteiger charge is -2.29. The SMILES string of the molecule is Cc1[nH]c2ccccc2c1CCN1CCc2ccc(C=CC(=O)NO)cc2C1. The van der Waals surface area contributed by atoms with E-state index in [1.165, 1.54) is 39.4 Å². The number of rotatable bonds is 5. The summed E-state index contributed by atoms with van der Waals surface area (Å²) in [7, 11) is 0. The summed E-state index contributed by atoms with van der Waals surface area (Å²) in [6.07, 6.45) is 5.13. The lowest BCUT2D eigenvalue weighted by Crippen LogP contribution is -2.32. The largest absolute Gasteiger partial charge is 0.358 e. The van der Waals surface area contributed by atoms with E-state index in [1.54, 1.807) is 11.6 Å². The fourth-order valence-corrected chi connectivity index (χ4v) is 4.07. The lowest BCUT2D eigenvalue weighted by atomic mass is 9.96. The van der Waals surface area contributed by atoms with Crippen molar-refractivity contribution in [2.75, 3.05) is 13.1 Å². The van der Waals surface area contributed by atoms with E-state index >= 15 is 0 Å². The zero-order valence-corrected chi connectivity index (χ0v) is 16.0. The number of nitrogens with one attached hydrogen (secondary N) is 2. The van der Waals surface area contributed by atoms with Gasteiger partial charge in [-0.25, -0.2) is 5.48 Å². The fourth-order valence-electron chi connectivity index (χ4n) is 4.07. The molecule has 3 N–H and O–H groups in total.